The lowest BCUT2D eigenvalue weighted by atomic mass is 9.82. The Kier molecular flexibility index (Phi) is 3.65. The Morgan fingerprint density at radius 2 is 2.22 bits per heavy atom. The molecule has 2 aliphatic heterocycles. The van der Waals surface area contributed by atoms with Crippen molar-refractivity contribution in [3.63, 3.8) is 0 Å². The van der Waals surface area contributed by atoms with Gasteiger partial charge in [-0.3, -0.25) is 14.7 Å². The van der Waals surface area contributed by atoms with Gasteiger partial charge in [0.05, 0.1) is 0 Å². The van der Waals surface area contributed by atoms with E-state index in [1.807, 2.05) is 53.3 Å². The van der Waals surface area contributed by atoms with E-state index in [4.69, 9.17) is 0 Å². The molecule has 0 N–H and O–H groups in total. The van der Waals surface area contributed by atoms with Crippen molar-refractivity contribution in [3.8, 4) is 0 Å². The Morgan fingerprint density at radius 1 is 1.30 bits per heavy atom. The van der Waals surface area contributed by atoms with Gasteiger partial charge in [-0.05, 0) is 36.1 Å². The molecule has 0 aliphatic carbocycles. The molecule has 2 aliphatic rings. The molecule has 120 valence electrons. The number of rotatable bonds is 3. The molecule has 5 heteroatoms. The number of hydrogen-bond acceptors (Lipinski definition) is 3. The molecular formula is C18H22N4O. The number of amides is 1. The summed E-state index contributed by atoms with van der Waals surface area (Å²) in [7, 11) is 1.93. The van der Waals surface area contributed by atoms with Crippen LogP contribution in [0.25, 0.3) is 0 Å². The van der Waals surface area contributed by atoms with Crippen molar-refractivity contribution in [1.29, 1.82) is 0 Å². The lowest BCUT2D eigenvalue weighted by Crippen LogP contribution is -2.64. The van der Waals surface area contributed by atoms with Crippen molar-refractivity contribution >= 4 is 5.91 Å². The summed E-state index contributed by atoms with van der Waals surface area (Å²) in [6.45, 7) is 3.80. The van der Waals surface area contributed by atoms with Crippen molar-refractivity contribution in [2.24, 2.45) is 13.0 Å². The molecule has 0 saturated carbocycles. The predicted octanol–water partition coefficient (Wildman–Crippen LogP) is 1.77. The van der Waals surface area contributed by atoms with Gasteiger partial charge >= 0.3 is 0 Å². The Hall–Kier alpha value is -2.14. The smallest absolute Gasteiger partial charge is 0.270 e. The minimum Gasteiger partial charge on any atom is -0.347 e. The summed E-state index contributed by atoms with van der Waals surface area (Å²) in [5.41, 5.74) is 2.03. The SMILES string of the molecule is Cn1cccc1C(=O)N1CC[C@@H]2CN(Cc3cccnc3)[C@@H]2C1. The number of hydrogen-bond donors (Lipinski definition) is 0. The number of carbonyl (C=O) groups is 1. The monoisotopic (exact) mass is 310 g/mol. The number of aryl methyl sites for hydroxylation is 1. The van der Waals surface area contributed by atoms with Crippen LogP contribution in [0.2, 0.25) is 0 Å². The molecule has 0 radical (unpaired) electrons. The molecule has 4 heterocycles. The van der Waals surface area contributed by atoms with Gasteiger partial charge in [-0.15, -0.1) is 0 Å². The highest BCUT2D eigenvalue weighted by Crippen LogP contribution is 2.34. The minimum absolute atomic E-state index is 0.157. The number of nitrogens with zero attached hydrogens (tertiary/aromatic N) is 4. The first-order valence-electron chi connectivity index (χ1n) is 8.26. The largest absolute Gasteiger partial charge is 0.347 e. The topological polar surface area (TPSA) is 41.4 Å². The zero-order valence-electron chi connectivity index (χ0n) is 13.4. The van der Waals surface area contributed by atoms with Crippen LogP contribution in [0.3, 0.4) is 0 Å². The van der Waals surface area contributed by atoms with Gasteiger partial charge in [0.1, 0.15) is 5.69 Å². The first kappa shape index (κ1) is 14.5. The summed E-state index contributed by atoms with van der Waals surface area (Å²) in [4.78, 5) is 21.4. The van der Waals surface area contributed by atoms with E-state index >= 15 is 0 Å². The van der Waals surface area contributed by atoms with E-state index in [9.17, 15) is 4.79 Å². The molecule has 0 bridgehead atoms. The molecule has 5 nitrogen and oxygen atoms in total. The summed E-state index contributed by atoms with van der Waals surface area (Å²) >= 11 is 0. The molecule has 2 aromatic rings. The third kappa shape index (κ3) is 2.65. The van der Waals surface area contributed by atoms with Gasteiger partial charge < -0.3 is 9.47 Å². The highest BCUT2D eigenvalue weighted by atomic mass is 16.2. The van der Waals surface area contributed by atoms with Gasteiger partial charge in [0.2, 0.25) is 0 Å². The highest BCUT2D eigenvalue weighted by Gasteiger charge is 2.43. The summed E-state index contributed by atoms with van der Waals surface area (Å²) < 4.78 is 1.91. The Bertz CT molecular complexity index is 696. The summed E-state index contributed by atoms with van der Waals surface area (Å²) in [6.07, 6.45) is 6.79. The maximum Gasteiger partial charge on any atom is 0.270 e. The molecular weight excluding hydrogens is 288 g/mol. The standard InChI is InChI=1S/C18H22N4O/c1-20-8-3-5-16(20)18(23)21-9-6-15-12-22(17(15)13-21)11-14-4-2-7-19-10-14/h2-5,7-8,10,15,17H,6,9,11-13H2,1H3/t15-,17-/m1/s1. The quantitative estimate of drug-likeness (QED) is 0.867. The van der Waals surface area contributed by atoms with Crippen LogP contribution in [0.15, 0.2) is 42.9 Å². The average molecular weight is 310 g/mol. The van der Waals surface area contributed by atoms with E-state index in [0.29, 0.717) is 6.04 Å². The second-order valence-corrected chi connectivity index (χ2v) is 6.66. The van der Waals surface area contributed by atoms with E-state index < -0.39 is 0 Å². The molecule has 0 spiro atoms. The first-order valence-corrected chi connectivity index (χ1v) is 8.26. The van der Waals surface area contributed by atoms with Gasteiger partial charge in [-0.2, -0.15) is 0 Å². The number of piperidine rings is 1. The fourth-order valence-corrected chi connectivity index (χ4v) is 3.84. The highest BCUT2D eigenvalue weighted by molar-refractivity contribution is 5.92. The second kappa shape index (κ2) is 5.81. The van der Waals surface area contributed by atoms with E-state index in [0.717, 1.165) is 44.2 Å². The molecule has 2 saturated heterocycles. The Balaban J connectivity index is 1.42. The van der Waals surface area contributed by atoms with Gasteiger partial charge in [0.15, 0.2) is 0 Å². The van der Waals surface area contributed by atoms with Crippen molar-refractivity contribution < 1.29 is 4.79 Å². The fraction of sp³-hybridized carbons (Fsp3) is 0.444. The van der Waals surface area contributed by atoms with E-state index in [1.54, 1.807) is 0 Å². The van der Waals surface area contributed by atoms with Gasteiger partial charge in [0.25, 0.3) is 5.91 Å². The van der Waals surface area contributed by atoms with Crippen molar-refractivity contribution in [2.45, 2.75) is 19.0 Å². The summed E-state index contributed by atoms with van der Waals surface area (Å²) in [5, 5.41) is 0. The van der Waals surface area contributed by atoms with Crippen LogP contribution in [0, 0.1) is 5.92 Å². The van der Waals surface area contributed by atoms with E-state index in [2.05, 4.69) is 16.0 Å². The molecule has 0 aromatic carbocycles. The van der Waals surface area contributed by atoms with E-state index in [-0.39, 0.29) is 5.91 Å². The number of aromatic nitrogens is 2. The van der Waals surface area contributed by atoms with Gasteiger partial charge in [-0.25, -0.2) is 0 Å². The Morgan fingerprint density at radius 3 is 2.96 bits per heavy atom. The first-order chi connectivity index (χ1) is 11.2. The molecule has 1 amide bonds. The van der Waals surface area contributed by atoms with Crippen LogP contribution in [0.5, 0.6) is 0 Å². The number of pyridine rings is 1. The van der Waals surface area contributed by atoms with Gasteiger partial charge in [-0.1, -0.05) is 6.07 Å². The number of carbonyl (C=O) groups excluding carboxylic acids is 1. The fourth-order valence-electron chi connectivity index (χ4n) is 3.84. The summed E-state index contributed by atoms with van der Waals surface area (Å²) in [6, 6.07) is 8.43. The molecule has 2 atom stereocenters. The van der Waals surface area contributed by atoms with Crippen LogP contribution in [-0.2, 0) is 13.6 Å². The molecule has 2 aromatic heterocycles. The average Bonchev–Trinajstić information content (AvgIpc) is 2.99. The number of likely N-dealkylation sites (tertiary alicyclic amines) is 2. The summed E-state index contributed by atoms with van der Waals surface area (Å²) in [5.74, 6) is 0.897. The third-order valence-corrected chi connectivity index (χ3v) is 5.22. The van der Waals surface area contributed by atoms with Crippen LogP contribution >= 0.6 is 0 Å². The lowest BCUT2D eigenvalue weighted by molar-refractivity contribution is -0.0429. The van der Waals surface area contributed by atoms with Crippen molar-refractivity contribution in [1.82, 2.24) is 19.4 Å². The lowest BCUT2D eigenvalue weighted by Gasteiger charge is -2.53. The third-order valence-electron chi connectivity index (χ3n) is 5.22. The zero-order valence-corrected chi connectivity index (χ0v) is 13.4. The van der Waals surface area contributed by atoms with Crippen LogP contribution in [0.4, 0.5) is 0 Å². The molecule has 23 heavy (non-hydrogen) atoms. The maximum absolute atomic E-state index is 12.7. The van der Waals surface area contributed by atoms with Crippen molar-refractivity contribution in [2.75, 3.05) is 19.6 Å². The minimum atomic E-state index is 0.157. The van der Waals surface area contributed by atoms with Crippen LogP contribution in [-0.4, -0.2) is 50.9 Å². The molecule has 4 rings (SSSR count). The second-order valence-electron chi connectivity index (χ2n) is 6.66. The van der Waals surface area contributed by atoms with Crippen molar-refractivity contribution in [3.05, 3.63) is 54.1 Å². The van der Waals surface area contributed by atoms with E-state index in [1.165, 1.54) is 5.56 Å². The molecule has 0 unspecified atom stereocenters. The predicted molar refractivity (Wildman–Crippen MR) is 87.9 cm³/mol. The normalized spacial score (nSPS) is 24.1. The van der Waals surface area contributed by atoms with Crippen LogP contribution < -0.4 is 0 Å². The van der Waals surface area contributed by atoms with Crippen LogP contribution in [0.1, 0.15) is 22.5 Å². The maximum atomic E-state index is 12.7. The zero-order chi connectivity index (χ0) is 15.8. The van der Waals surface area contributed by atoms with Gasteiger partial charge in [0, 0.05) is 57.9 Å². The molecule has 2 fully saturated rings. The number of fused-ring (bicyclic) bond motifs is 1. The Labute approximate surface area is 136 Å².